The molecule has 0 saturated carbocycles. The average Bonchev–Trinajstić information content (AvgIpc) is 2.47. The van der Waals surface area contributed by atoms with Crippen molar-refractivity contribution in [1.29, 1.82) is 0 Å². The van der Waals surface area contributed by atoms with Gasteiger partial charge in [-0.05, 0) is 40.2 Å². The molecule has 1 aromatic heterocycles. The fraction of sp³-hybridized carbons (Fsp3) is 0.615. The predicted octanol–water partition coefficient (Wildman–Crippen LogP) is 2.25. The Labute approximate surface area is 101 Å². The van der Waals surface area contributed by atoms with Gasteiger partial charge in [-0.15, -0.1) is 0 Å². The summed E-state index contributed by atoms with van der Waals surface area (Å²) >= 11 is 0. The molecule has 92 valence electrons. The second-order valence-electron chi connectivity index (χ2n) is 5.66. The highest BCUT2D eigenvalue weighted by atomic mass is 16.5. The normalized spacial score (nSPS) is 25.8. The van der Waals surface area contributed by atoms with Crippen LogP contribution in [-0.2, 0) is 4.74 Å². The van der Waals surface area contributed by atoms with Crippen LogP contribution in [0.25, 0.3) is 0 Å². The van der Waals surface area contributed by atoms with Crippen LogP contribution >= 0.6 is 0 Å². The van der Waals surface area contributed by atoms with E-state index in [9.17, 15) is 4.79 Å². The highest BCUT2D eigenvalue weighted by Crippen LogP contribution is 2.42. The third-order valence-electron chi connectivity index (χ3n) is 3.18. The Bertz CT molecular complexity index is 426. The van der Waals surface area contributed by atoms with Crippen LogP contribution in [0.2, 0.25) is 0 Å². The van der Waals surface area contributed by atoms with Crippen LogP contribution in [0.3, 0.4) is 0 Å². The summed E-state index contributed by atoms with van der Waals surface area (Å²) in [6.45, 7) is 7.92. The van der Waals surface area contributed by atoms with E-state index in [4.69, 9.17) is 4.74 Å². The molecule has 1 saturated heterocycles. The topological polar surface area (TPSA) is 52.1 Å². The third kappa shape index (κ3) is 2.36. The first-order valence-corrected chi connectivity index (χ1v) is 5.83. The van der Waals surface area contributed by atoms with Crippen molar-refractivity contribution in [2.24, 2.45) is 5.92 Å². The minimum atomic E-state index is -0.459. The molecule has 0 bridgehead atoms. The average molecular weight is 234 g/mol. The maximum absolute atomic E-state index is 12.3. The summed E-state index contributed by atoms with van der Waals surface area (Å²) in [7, 11) is 0. The van der Waals surface area contributed by atoms with E-state index in [1.807, 2.05) is 27.7 Å². The molecule has 4 heteroatoms. The number of hydrogen-bond acceptors (Lipinski definition) is 4. The number of carbonyl (C=O) groups excluding carboxylic acids is 1. The van der Waals surface area contributed by atoms with E-state index in [0.717, 1.165) is 0 Å². The van der Waals surface area contributed by atoms with Gasteiger partial charge in [-0.1, -0.05) is 0 Å². The Balaban J connectivity index is 2.27. The van der Waals surface area contributed by atoms with E-state index in [1.54, 1.807) is 18.5 Å². The van der Waals surface area contributed by atoms with Crippen molar-refractivity contribution in [1.82, 2.24) is 9.97 Å². The monoisotopic (exact) mass is 234 g/mol. The molecule has 0 aliphatic carbocycles. The van der Waals surface area contributed by atoms with Crippen LogP contribution < -0.4 is 0 Å². The molecule has 1 fully saturated rings. The molecule has 1 aliphatic heterocycles. The summed E-state index contributed by atoms with van der Waals surface area (Å²) in [5.74, 6) is 0.0768. The number of rotatable bonds is 2. The van der Waals surface area contributed by atoms with Crippen molar-refractivity contribution in [3.8, 4) is 0 Å². The van der Waals surface area contributed by atoms with Crippen LogP contribution in [0.5, 0.6) is 0 Å². The summed E-state index contributed by atoms with van der Waals surface area (Å²) < 4.78 is 5.91. The fourth-order valence-electron chi connectivity index (χ4n) is 2.55. The first-order chi connectivity index (χ1) is 7.82. The Kier molecular flexibility index (Phi) is 2.78. The largest absolute Gasteiger partial charge is 0.369 e. The van der Waals surface area contributed by atoms with E-state index < -0.39 is 5.60 Å². The van der Waals surface area contributed by atoms with Crippen LogP contribution in [0.4, 0.5) is 0 Å². The standard InChI is InChI=1S/C13H18N2O2/c1-12(2)8-9(13(3,4)17-12)10(16)11-14-6-5-7-15-11/h5-7,9H,8H2,1-4H3. The molecule has 2 rings (SSSR count). The Morgan fingerprint density at radius 1 is 1.29 bits per heavy atom. The number of nitrogens with zero attached hydrogens (tertiary/aromatic N) is 2. The van der Waals surface area contributed by atoms with Crippen molar-refractivity contribution in [3.63, 3.8) is 0 Å². The lowest BCUT2D eigenvalue weighted by molar-refractivity contribution is -0.0713. The second-order valence-corrected chi connectivity index (χ2v) is 5.66. The Hall–Kier alpha value is -1.29. The van der Waals surface area contributed by atoms with Gasteiger partial charge in [-0.3, -0.25) is 4.79 Å². The smallest absolute Gasteiger partial charge is 0.206 e. The third-order valence-corrected chi connectivity index (χ3v) is 3.18. The number of hydrogen-bond donors (Lipinski definition) is 0. The van der Waals surface area contributed by atoms with E-state index in [2.05, 4.69) is 9.97 Å². The fourth-order valence-corrected chi connectivity index (χ4v) is 2.55. The van der Waals surface area contributed by atoms with Crippen molar-refractivity contribution in [2.75, 3.05) is 0 Å². The van der Waals surface area contributed by atoms with Crippen molar-refractivity contribution < 1.29 is 9.53 Å². The Morgan fingerprint density at radius 3 is 2.35 bits per heavy atom. The lowest BCUT2D eigenvalue weighted by atomic mass is 9.84. The zero-order valence-electron chi connectivity index (χ0n) is 10.7. The van der Waals surface area contributed by atoms with Crippen LogP contribution in [0, 0.1) is 5.92 Å². The molecule has 2 heterocycles. The summed E-state index contributed by atoms with van der Waals surface area (Å²) in [4.78, 5) is 20.4. The van der Waals surface area contributed by atoms with E-state index >= 15 is 0 Å². The molecule has 1 atom stereocenters. The lowest BCUT2D eigenvalue weighted by Crippen LogP contribution is -2.34. The highest BCUT2D eigenvalue weighted by Gasteiger charge is 2.49. The summed E-state index contributed by atoms with van der Waals surface area (Å²) in [6, 6.07) is 1.71. The zero-order valence-corrected chi connectivity index (χ0v) is 10.7. The number of Topliss-reactive ketones (excluding diaryl/α,β-unsaturated/α-hetero) is 1. The van der Waals surface area contributed by atoms with Gasteiger partial charge in [0.05, 0.1) is 17.1 Å². The molecule has 1 unspecified atom stereocenters. The molecule has 0 aromatic carbocycles. The molecule has 1 aliphatic rings. The van der Waals surface area contributed by atoms with E-state index in [-0.39, 0.29) is 23.1 Å². The molecular formula is C13H18N2O2. The molecule has 0 N–H and O–H groups in total. The van der Waals surface area contributed by atoms with Gasteiger partial charge in [-0.25, -0.2) is 9.97 Å². The quantitative estimate of drug-likeness (QED) is 0.736. The summed E-state index contributed by atoms with van der Waals surface area (Å²) in [5.41, 5.74) is -0.724. The first kappa shape index (κ1) is 12.2. The number of ether oxygens (including phenoxy) is 1. The summed E-state index contributed by atoms with van der Waals surface area (Å²) in [5, 5.41) is 0. The SMILES string of the molecule is CC1(C)CC(C(=O)c2ncccn2)C(C)(C)O1. The van der Waals surface area contributed by atoms with Crippen molar-refractivity contribution >= 4 is 5.78 Å². The maximum atomic E-state index is 12.3. The van der Waals surface area contributed by atoms with Crippen LogP contribution in [-0.4, -0.2) is 27.0 Å². The maximum Gasteiger partial charge on any atom is 0.206 e. The van der Waals surface area contributed by atoms with Crippen LogP contribution in [0.15, 0.2) is 18.5 Å². The van der Waals surface area contributed by atoms with Crippen LogP contribution in [0.1, 0.15) is 44.7 Å². The molecular weight excluding hydrogens is 216 g/mol. The van der Waals surface area contributed by atoms with Gasteiger partial charge in [0.15, 0.2) is 5.82 Å². The van der Waals surface area contributed by atoms with E-state index in [0.29, 0.717) is 6.42 Å². The first-order valence-electron chi connectivity index (χ1n) is 5.83. The molecule has 1 aromatic rings. The van der Waals surface area contributed by atoms with Gasteiger partial charge < -0.3 is 4.74 Å². The number of ketones is 1. The minimum Gasteiger partial charge on any atom is -0.369 e. The van der Waals surface area contributed by atoms with Crippen molar-refractivity contribution in [2.45, 2.75) is 45.3 Å². The minimum absolute atomic E-state index is 0.0267. The highest BCUT2D eigenvalue weighted by molar-refractivity contribution is 5.95. The lowest BCUT2D eigenvalue weighted by Gasteiger charge is -2.26. The molecule has 4 nitrogen and oxygen atoms in total. The summed E-state index contributed by atoms with van der Waals surface area (Å²) in [6.07, 6.45) is 3.89. The van der Waals surface area contributed by atoms with Gasteiger partial charge in [0.2, 0.25) is 5.78 Å². The second kappa shape index (κ2) is 3.88. The number of aromatic nitrogens is 2. The van der Waals surface area contributed by atoms with Gasteiger partial charge in [0.1, 0.15) is 0 Å². The van der Waals surface area contributed by atoms with Gasteiger partial charge >= 0.3 is 0 Å². The van der Waals surface area contributed by atoms with E-state index in [1.165, 1.54) is 0 Å². The van der Waals surface area contributed by atoms with Gasteiger partial charge in [-0.2, -0.15) is 0 Å². The number of carbonyl (C=O) groups is 1. The zero-order chi connectivity index (χ0) is 12.7. The molecule has 0 spiro atoms. The molecule has 0 radical (unpaired) electrons. The predicted molar refractivity (Wildman–Crippen MR) is 63.7 cm³/mol. The molecule has 17 heavy (non-hydrogen) atoms. The van der Waals surface area contributed by atoms with Gasteiger partial charge in [0, 0.05) is 12.4 Å². The van der Waals surface area contributed by atoms with Gasteiger partial charge in [0.25, 0.3) is 0 Å². The Morgan fingerprint density at radius 2 is 1.88 bits per heavy atom. The molecule has 0 amide bonds. The van der Waals surface area contributed by atoms with Crippen molar-refractivity contribution in [3.05, 3.63) is 24.3 Å².